The molecular formula is C28H35N7O. The third-order valence-corrected chi connectivity index (χ3v) is 6.86. The second kappa shape index (κ2) is 8.55. The van der Waals surface area contributed by atoms with Crippen molar-refractivity contribution in [1.29, 1.82) is 0 Å². The molecule has 8 heteroatoms. The van der Waals surface area contributed by atoms with E-state index >= 15 is 0 Å². The quantitative estimate of drug-likeness (QED) is 0.424. The smallest absolute Gasteiger partial charge is 0.278 e. The predicted molar refractivity (Wildman–Crippen MR) is 144 cm³/mol. The SMILES string of the molecule is CC(C)n1c(=O)c2cnc(Nc3ccc4c(c3)CCNC4(C)C)nc2n1-c1ccnc(C(C)(C)C)c1. The lowest BCUT2D eigenvalue weighted by atomic mass is 9.85. The molecule has 5 rings (SSSR count). The topological polar surface area (TPSA) is 89.7 Å². The standard InChI is InChI=1S/C28H35N7O/c1-17(2)34-25(36)21-16-30-26(32-19-8-9-22-18(14-19)10-13-31-28(22,6)7)33-24(21)35(34)20-11-12-29-23(15-20)27(3,4)5/h8-9,11-12,14-17,31H,10,13H2,1-7H3,(H,30,32,33). The van der Waals surface area contributed by atoms with Gasteiger partial charge < -0.3 is 10.6 Å². The molecule has 188 valence electrons. The average Bonchev–Trinajstić information content (AvgIpc) is 3.10. The minimum Gasteiger partial charge on any atom is -0.324 e. The summed E-state index contributed by atoms with van der Waals surface area (Å²) < 4.78 is 3.63. The van der Waals surface area contributed by atoms with Gasteiger partial charge in [-0.25, -0.2) is 14.3 Å². The van der Waals surface area contributed by atoms with Crippen molar-refractivity contribution in [2.75, 3.05) is 11.9 Å². The van der Waals surface area contributed by atoms with Crippen LogP contribution in [0.2, 0.25) is 0 Å². The second-order valence-electron chi connectivity index (χ2n) is 11.4. The minimum atomic E-state index is -0.125. The van der Waals surface area contributed by atoms with Gasteiger partial charge in [-0.05, 0) is 76.1 Å². The molecule has 0 bridgehead atoms. The molecule has 8 nitrogen and oxygen atoms in total. The third kappa shape index (κ3) is 4.19. The summed E-state index contributed by atoms with van der Waals surface area (Å²) in [6, 6.07) is 10.3. The summed E-state index contributed by atoms with van der Waals surface area (Å²) in [5.41, 5.74) is 5.65. The highest BCUT2D eigenvalue weighted by Crippen LogP contribution is 2.31. The molecule has 0 amide bonds. The Bertz CT molecular complexity index is 1500. The van der Waals surface area contributed by atoms with E-state index in [9.17, 15) is 4.79 Å². The number of nitrogens with one attached hydrogen (secondary N) is 2. The molecule has 0 radical (unpaired) electrons. The van der Waals surface area contributed by atoms with E-state index in [1.165, 1.54) is 11.1 Å². The summed E-state index contributed by atoms with van der Waals surface area (Å²) >= 11 is 0. The van der Waals surface area contributed by atoms with Crippen molar-refractivity contribution in [2.24, 2.45) is 0 Å². The molecule has 0 saturated heterocycles. The highest BCUT2D eigenvalue weighted by atomic mass is 16.1. The first kappa shape index (κ1) is 24.2. The Hall–Kier alpha value is -3.52. The molecule has 1 aromatic carbocycles. The molecular weight excluding hydrogens is 450 g/mol. The van der Waals surface area contributed by atoms with Crippen LogP contribution < -0.4 is 16.2 Å². The maximum absolute atomic E-state index is 13.4. The van der Waals surface area contributed by atoms with Gasteiger partial charge in [-0.3, -0.25) is 9.78 Å². The zero-order valence-electron chi connectivity index (χ0n) is 22.2. The van der Waals surface area contributed by atoms with E-state index in [2.05, 4.69) is 73.4 Å². The van der Waals surface area contributed by atoms with Gasteiger partial charge in [0.2, 0.25) is 5.95 Å². The molecule has 4 aromatic rings. The van der Waals surface area contributed by atoms with E-state index < -0.39 is 0 Å². The predicted octanol–water partition coefficient (Wildman–Crippen LogP) is 4.98. The number of aromatic nitrogens is 5. The first-order valence-electron chi connectivity index (χ1n) is 12.6. The summed E-state index contributed by atoms with van der Waals surface area (Å²) in [6.07, 6.45) is 4.39. The summed E-state index contributed by atoms with van der Waals surface area (Å²) in [5, 5.41) is 7.42. The third-order valence-electron chi connectivity index (χ3n) is 6.86. The molecule has 0 fully saturated rings. The van der Waals surface area contributed by atoms with Gasteiger partial charge in [0.1, 0.15) is 5.39 Å². The largest absolute Gasteiger partial charge is 0.324 e. The number of benzene rings is 1. The Labute approximate surface area is 211 Å². The molecule has 0 aliphatic carbocycles. The fourth-order valence-corrected chi connectivity index (χ4v) is 4.96. The van der Waals surface area contributed by atoms with Crippen LogP contribution in [0.3, 0.4) is 0 Å². The van der Waals surface area contributed by atoms with Crippen LogP contribution in [0.1, 0.15) is 71.3 Å². The van der Waals surface area contributed by atoms with Gasteiger partial charge in [-0.2, -0.15) is 4.98 Å². The van der Waals surface area contributed by atoms with E-state index in [4.69, 9.17) is 4.98 Å². The molecule has 3 aromatic heterocycles. The molecule has 0 atom stereocenters. The summed E-state index contributed by atoms with van der Waals surface area (Å²) in [6.45, 7) is 15.7. The van der Waals surface area contributed by atoms with Gasteiger partial charge in [0.25, 0.3) is 5.56 Å². The fraction of sp³-hybridized carbons (Fsp3) is 0.429. The first-order chi connectivity index (χ1) is 17.0. The van der Waals surface area contributed by atoms with Crippen LogP contribution in [0.15, 0.2) is 47.5 Å². The van der Waals surface area contributed by atoms with Crippen LogP contribution in [0.4, 0.5) is 11.6 Å². The van der Waals surface area contributed by atoms with Gasteiger partial charge in [0.05, 0.1) is 5.69 Å². The number of anilines is 2. The van der Waals surface area contributed by atoms with Gasteiger partial charge in [0, 0.05) is 40.8 Å². The van der Waals surface area contributed by atoms with Crippen molar-refractivity contribution >= 4 is 22.7 Å². The number of hydrogen-bond acceptors (Lipinski definition) is 6. The van der Waals surface area contributed by atoms with Crippen LogP contribution in [0.5, 0.6) is 0 Å². The lowest BCUT2D eigenvalue weighted by Gasteiger charge is -2.34. The van der Waals surface area contributed by atoms with Crippen molar-refractivity contribution in [3.8, 4) is 5.69 Å². The van der Waals surface area contributed by atoms with Crippen LogP contribution in [0.25, 0.3) is 16.7 Å². The minimum absolute atomic E-state index is 0.0478. The number of pyridine rings is 1. The van der Waals surface area contributed by atoms with Crippen molar-refractivity contribution in [2.45, 2.75) is 71.9 Å². The zero-order valence-corrected chi connectivity index (χ0v) is 22.2. The summed E-state index contributed by atoms with van der Waals surface area (Å²) in [7, 11) is 0. The Morgan fingerprint density at radius 2 is 1.89 bits per heavy atom. The Kier molecular flexibility index (Phi) is 5.75. The summed E-state index contributed by atoms with van der Waals surface area (Å²) in [5.74, 6) is 0.454. The highest BCUT2D eigenvalue weighted by molar-refractivity contribution is 5.77. The van der Waals surface area contributed by atoms with Crippen LogP contribution in [0, 0.1) is 0 Å². The maximum atomic E-state index is 13.4. The van der Waals surface area contributed by atoms with Gasteiger partial charge in [0.15, 0.2) is 5.65 Å². The number of rotatable bonds is 4. The summed E-state index contributed by atoms with van der Waals surface area (Å²) in [4.78, 5) is 27.2. The maximum Gasteiger partial charge on any atom is 0.278 e. The van der Waals surface area contributed by atoms with Crippen molar-refractivity contribution in [3.05, 3.63) is 69.9 Å². The van der Waals surface area contributed by atoms with E-state index in [0.717, 1.165) is 30.0 Å². The van der Waals surface area contributed by atoms with Crippen LogP contribution >= 0.6 is 0 Å². The molecule has 2 N–H and O–H groups in total. The molecule has 0 saturated carbocycles. The van der Waals surface area contributed by atoms with E-state index in [0.29, 0.717) is 17.0 Å². The lowest BCUT2D eigenvalue weighted by molar-refractivity contribution is 0.382. The normalized spacial score (nSPS) is 15.3. The number of nitrogens with zero attached hydrogens (tertiary/aromatic N) is 5. The Morgan fingerprint density at radius 1 is 1.11 bits per heavy atom. The highest BCUT2D eigenvalue weighted by Gasteiger charge is 2.27. The van der Waals surface area contributed by atoms with Crippen molar-refractivity contribution in [3.63, 3.8) is 0 Å². The number of hydrogen-bond donors (Lipinski definition) is 2. The molecule has 0 unspecified atom stereocenters. The Balaban J connectivity index is 1.61. The van der Waals surface area contributed by atoms with Crippen LogP contribution in [-0.4, -0.2) is 30.9 Å². The Morgan fingerprint density at radius 3 is 2.61 bits per heavy atom. The molecule has 1 aliphatic rings. The first-order valence-corrected chi connectivity index (χ1v) is 12.6. The van der Waals surface area contributed by atoms with E-state index in [1.807, 2.05) is 30.7 Å². The van der Waals surface area contributed by atoms with Crippen molar-refractivity contribution < 1.29 is 0 Å². The molecule has 4 heterocycles. The van der Waals surface area contributed by atoms with E-state index in [1.54, 1.807) is 17.1 Å². The fourth-order valence-electron chi connectivity index (χ4n) is 4.96. The zero-order chi connectivity index (χ0) is 25.8. The second-order valence-corrected chi connectivity index (χ2v) is 11.4. The average molecular weight is 486 g/mol. The molecule has 0 spiro atoms. The molecule has 1 aliphatic heterocycles. The number of fused-ring (bicyclic) bond motifs is 2. The monoisotopic (exact) mass is 485 g/mol. The van der Waals surface area contributed by atoms with Gasteiger partial charge >= 0.3 is 0 Å². The van der Waals surface area contributed by atoms with Crippen LogP contribution in [-0.2, 0) is 17.4 Å². The van der Waals surface area contributed by atoms with Gasteiger partial charge in [-0.15, -0.1) is 0 Å². The van der Waals surface area contributed by atoms with Crippen molar-refractivity contribution in [1.82, 2.24) is 29.6 Å². The van der Waals surface area contributed by atoms with Gasteiger partial charge in [-0.1, -0.05) is 26.8 Å². The lowest BCUT2D eigenvalue weighted by Crippen LogP contribution is -2.42. The van der Waals surface area contributed by atoms with E-state index in [-0.39, 0.29) is 22.6 Å². The molecule has 36 heavy (non-hydrogen) atoms.